The van der Waals surface area contributed by atoms with Gasteiger partial charge in [-0.1, -0.05) is 48.5 Å². The van der Waals surface area contributed by atoms with Crippen molar-refractivity contribution in [2.45, 2.75) is 20.5 Å². The minimum atomic E-state index is -0.363. The molecule has 0 saturated carbocycles. The lowest BCUT2D eigenvalue weighted by molar-refractivity contribution is 0.102. The Morgan fingerprint density at radius 3 is 2.17 bits per heavy atom. The lowest BCUT2D eigenvalue weighted by Crippen LogP contribution is -2.44. The van der Waals surface area contributed by atoms with Crippen LogP contribution in [0.15, 0.2) is 103 Å². The molecular formula is C37H38N6O3. The van der Waals surface area contributed by atoms with Gasteiger partial charge in [-0.25, -0.2) is 4.98 Å². The second-order valence-corrected chi connectivity index (χ2v) is 11.4. The molecule has 2 N–H and O–H groups in total. The van der Waals surface area contributed by atoms with E-state index in [2.05, 4.69) is 49.6 Å². The molecule has 1 amide bonds. The number of aromatic nitrogens is 2. The number of carbonyl (C=O) groups excluding carboxylic acids is 1. The van der Waals surface area contributed by atoms with Gasteiger partial charge >= 0.3 is 0 Å². The monoisotopic (exact) mass is 614 g/mol. The first-order valence-electron chi connectivity index (χ1n) is 15.4. The number of hydrogen-bond donors (Lipinski definition) is 2. The highest BCUT2D eigenvalue weighted by Crippen LogP contribution is 2.29. The third-order valence-electron chi connectivity index (χ3n) is 8.00. The molecule has 46 heavy (non-hydrogen) atoms. The van der Waals surface area contributed by atoms with Crippen molar-refractivity contribution in [3.63, 3.8) is 0 Å². The molecular weight excluding hydrogens is 576 g/mol. The Morgan fingerprint density at radius 2 is 1.48 bits per heavy atom. The fourth-order valence-electron chi connectivity index (χ4n) is 5.26. The molecule has 0 radical (unpaired) electrons. The Kier molecular flexibility index (Phi) is 9.40. The molecule has 0 atom stereocenters. The van der Waals surface area contributed by atoms with Crippen molar-refractivity contribution >= 4 is 28.9 Å². The summed E-state index contributed by atoms with van der Waals surface area (Å²) in [6.45, 7) is 8.46. The second-order valence-electron chi connectivity index (χ2n) is 11.4. The summed E-state index contributed by atoms with van der Waals surface area (Å²) in [6, 6.07) is 31.3. The van der Waals surface area contributed by atoms with Gasteiger partial charge in [0.1, 0.15) is 23.7 Å². The van der Waals surface area contributed by atoms with Crippen LogP contribution in [0.4, 0.5) is 23.0 Å². The summed E-state index contributed by atoms with van der Waals surface area (Å²) in [5.41, 5.74) is 5.97. The average Bonchev–Trinajstić information content (AvgIpc) is 3.07. The molecule has 1 saturated heterocycles. The van der Waals surface area contributed by atoms with Gasteiger partial charge < -0.3 is 29.9 Å². The maximum Gasteiger partial charge on any atom is 0.262 e. The molecule has 2 heterocycles. The van der Waals surface area contributed by atoms with E-state index >= 15 is 0 Å². The van der Waals surface area contributed by atoms with Gasteiger partial charge in [-0.3, -0.25) is 4.79 Å². The lowest BCUT2D eigenvalue weighted by atomic mass is 10.1. The Morgan fingerprint density at radius 1 is 0.804 bits per heavy atom. The summed E-state index contributed by atoms with van der Waals surface area (Å²) in [4.78, 5) is 27.4. The topological polar surface area (TPSA) is 91.9 Å². The largest absolute Gasteiger partial charge is 0.489 e. The highest BCUT2D eigenvalue weighted by atomic mass is 16.5. The van der Waals surface area contributed by atoms with Crippen molar-refractivity contribution in [3.8, 4) is 17.4 Å². The molecule has 1 fully saturated rings. The van der Waals surface area contributed by atoms with E-state index in [4.69, 9.17) is 9.47 Å². The zero-order chi connectivity index (χ0) is 31.9. The van der Waals surface area contributed by atoms with E-state index < -0.39 is 0 Å². The minimum absolute atomic E-state index is 0.133. The summed E-state index contributed by atoms with van der Waals surface area (Å²) < 4.78 is 12.1. The summed E-state index contributed by atoms with van der Waals surface area (Å²) in [6.07, 6.45) is 1.49. The van der Waals surface area contributed by atoms with Gasteiger partial charge in [0.2, 0.25) is 11.8 Å². The first kappa shape index (κ1) is 30.6. The number of aryl methyl sites for hydroxylation is 2. The van der Waals surface area contributed by atoms with Crippen molar-refractivity contribution in [2.24, 2.45) is 0 Å². The van der Waals surface area contributed by atoms with Crippen LogP contribution in [0.5, 0.6) is 17.4 Å². The molecule has 9 nitrogen and oxygen atoms in total. The number of anilines is 4. The summed E-state index contributed by atoms with van der Waals surface area (Å²) >= 11 is 0. The number of amides is 1. The number of nitrogens with one attached hydrogen (secondary N) is 2. The lowest BCUT2D eigenvalue weighted by Gasteiger charge is -2.34. The zero-order valence-corrected chi connectivity index (χ0v) is 26.4. The summed E-state index contributed by atoms with van der Waals surface area (Å²) in [5, 5.41) is 6.29. The van der Waals surface area contributed by atoms with E-state index in [9.17, 15) is 4.79 Å². The molecule has 4 aromatic carbocycles. The molecule has 1 aliphatic heterocycles. The number of likely N-dealkylation sites (N-methyl/N-ethyl adjacent to an activating group) is 1. The van der Waals surface area contributed by atoms with Crippen LogP contribution in [-0.4, -0.2) is 54.0 Å². The van der Waals surface area contributed by atoms with Crippen molar-refractivity contribution < 1.29 is 14.3 Å². The van der Waals surface area contributed by atoms with Crippen LogP contribution in [0.25, 0.3) is 0 Å². The molecule has 5 aromatic rings. The van der Waals surface area contributed by atoms with Crippen molar-refractivity contribution in [2.75, 3.05) is 48.8 Å². The van der Waals surface area contributed by atoms with E-state index in [1.807, 2.05) is 86.6 Å². The van der Waals surface area contributed by atoms with Crippen LogP contribution in [0, 0.1) is 13.8 Å². The van der Waals surface area contributed by atoms with E-state index in [0.717, 1.165) is 54.2 Å². The number of rotatable bonds is 10. The van der Waals surface area contributed by atoms with Crippen molar-refractivity contribution in [1.29, 1.82) is 0 Å². The standard InChI is InChI=1S/C37H38N6O3/c1-26-8-7-9-27(2)34(26)40-35(44)33-24-38-37(39-29-12-14-30(15-13-29)43-22-20-42(3)21-23-43)41-36(33)46-32-18-16-31(17-19-32)45-25-28-10-5-4-6-11-28/h4-19,24H,20-23,25H2,1-3H3,(H,40,44)(H,38,39,41). The summed E-state index contributed by atoms with van der Waals surface area (Å²) in [5.74, 6) is 1.30. The maximum absolute atomic E-state index is 13.6. The van der Waals surface area contributed by atoms with Crippen LogP contribution >= 0.6 is 0 Å². The number of para-hydroxylation sites is 1. The molecule has 234 valence electrons. The Balaban J connectivity index is 1.21. The average molecular weight is 615 g/mol. The van der Waals surface area contributed by atoms with E-state index in [0.29, 0.717) is 24.1 Å². The number of nitrogens with zero attached hydrogens (tertiary/aromatic N) is 4. The molecule has 0 unspecified atom stereocenters. The molecule has 9 heteroatoms. The first-order valence-corrected chi connectivity index (χ1v) is 15.4. The van der Waals surface area contributed by atoms with Gasteiger partial charge in [0.25, 0.3) is 5.91 Å². The van der Waals surface area contributed by atoms with Crippen LogP contribution in [0.3, 0.4) is 0 Å². The number of carbonyl (C=O) groups is 1. The van der Waals surface area contributed by atoms with Crippen LogP contribution in [0.2, 0.25) is 0 Å². The highest BCUT2D eigenvalue weighted by molar-refractivity contribution is 6.06. The Labute approximate surface area is 269 Å². The number of ether oxygens (including phenoxy) is 2. The van der Waals surface area contributed by atoms with Gasteiger partial charge in [-0.2, -0.15) is 4.98 Å². The molecule has 0 aliphatic carbocycles. The molecule has 6 rings (SSSR count). The fraction of sp³-hybridized carbons (Fsp3) is 0.216. The Hall–Kier alpha value is -5.41. The molecule has 1 aromatic heterocycles. The smallest absolute Gasteiger partial charge is 0.262 e. The molecule has 1 aliphatic rings. The SMILES string of the molecule is Cc1cccc(C)c1NC(=O)c1cnc(Nc2ccc(N3CCN(C)CC3)cc2)nc1Oc1ccc(OCc2ccccc2)cc1. The van der Waals surface area contributed by atoms with Gasteiger partial charge in [-0.05, 0) is 86.1 Å². The van der Waals surface area contributed by atoms with Crippen LogP contribution in [-0.2, 0) is 6.61 Å². The predicted molar refractivity (Wildman–Crippen MR) is 183 cm³/mol. The highest BCUT2D eigenvalue weighted by Gasteiger charge is 2.20. The second kappa shape index (κ2) is 14.1. The summed E-state index contributed by atoms with van der Waals surface area (Å²) in [7, 11) is 2.15. The van der Waals surface area contributed by atoms with Gasteiger partial charge in [0.15, 0.2) is 0 Å². The normalized spacial score (nSPS) is 13.2. The number of piperazine rings is 1. The zero-order valence-electron chi connectivity index (χ0n) is 26.4. The number of hydrogen-bond acceptors (Lipinski definition) is 8. The van der Waals surface area contributed by atoms with Crippen LogP contribution in [0.1, 0.15) is 27.0 Å². The van der Waals surface area contributed by atoms with Crippen LogP contribution < -0.4 is 25.0 Å². The van der Waals surface area contributed by atoms with Crippen molar-refractivity contribution in [1.82, 2.24) is 14.9 Å². The van der Waals surface area contributed by atoms with E-state index in [1.54, 1.807) is 12.1 Å². The maximum atomic E-state index is 13.6. The quantitative estimate of drug-likeness (QED) is 0.171. The fourth-order valence-corrected chi connectivity index (χ4v) is 5.26. The predicted octanol–water partition coefficient (Wildman–Crippen LogP) is 7.21. The molecule has 0 bridgehead atoms. The van der Waals surface area contributed by atoms with Crippen molar-refractivity contribution in [3.05, 3.63) is 126 Å². The molecule has 0 spiro atoms. The Bertz CT molecular complexity index is 1750. The van der Waals surface area contributed by atoms with E-state index in [1.165, 1.54) is 11.9 Å². The third-order valence-corrected chi connectivity index (χ3v) is 8.00. The van der Waals surface area contributed by atoms with Gasteiger partial charge in [0, 0.05) is 49.4 Å². The minimum Gasteiger partial charge on any atom is -0.489 e. The van der Waals surface area contributed by atoms with Gasteiger partial charge in [0.05, 0.1) is 0 Å². The number of benzene rings is 4. The first-order chi connectivity index (χ1) is 22.4. The van der Waals surface area contributed by atoms with Gasteiger partial charge in [-0.15, -0.1) is 0 Å². The third kappa shape index (κ3) is 7.62. The van der Waals surface area contributed by atoms with E-state index in [-0.39, 0.29) is 17.4 Å².